The first kappa shape index (κ1) is 19.6. The van der Waals surface area contributed by atoms with Crippen LogP contribution in [0.5, 0.6) is 0 Å². The number of primary amides is 1. The van der Waals surface area contributed by atoms with Gasteiger partial charge in [-0.15, -0.1) is 0 Å². The normalized spacial score (nSPS) is 15.7. The van der Waals surface area contributed by atoms with Crippen LogP contribution >= 0.6 is 0 Å². The van der Waals surface area contributed by atoms with Crippen LogP contribution in [0.2, 0.25) is 0 Å². The highest BCUT2D eigenvalue weighted by Gasteiger charge is 2.25. The second-order valence-corrected chi connectivity index (χ2v) is 6.59. The Morgan fingerprint density at radius 3 is 2.46 bits per heavy atom. The minimum Gasteiger partial charge on any atom is -0.365 e. The fraction of sp³-hybridized carbons (Fsp3) is 0.529. The quantitative estimate of drug-likeness (QED) is 0.590. The number of hydrogen-bond donors (Lipinski definition) is 3. The lowest BCUT2D eigenvalue weighted by atomic mass is 10.1. The summed E-state index contributed by atoms with van der Waals surface area (Å²) in [7, 11) is 0. The molecule has 0 saturated carbocycles. The molecule has 1 saturated heterocycles. The van der Waals surface area contributed by atoms with E-state index >= 15 is 0 Å². The number of carbonyl (C=O) groups excluding carboxylic acids is 3. The number of anilines is 1. The van der Waals surface area contributed by atoms with Gasteiger partial charge in [-0.05, 0) is 18.1 Å². The van der Waals surface area contributed by atoms with Gasteiger partial charge in [-0.3, -0.25) is 14.4 Å². The van der Waals surface area contributed by atoms with Crippen molar-refractivity contribution in [2.24, 2.45) is 17.4 Å². The maximum Gasteiger partial charge on any atom is 0.252 e. The Morgan fingerprint density at radius 1 is 1.23 bits per heavy atom. The molecule has 9 heteroatoms. The van der Waals surface area contributed by atoms with Gasteiger partial charge in [0.05, 0.1) is 18.2 Å². The van der Waals surface area contributed by atoms with Crippen molar-refractivity contribution in [1.82, 2.24) is 15.2 Å². The van der Waals surface area contributed by atoms with Gasteiger partial charge in [-0.2, -0.15) is 0 Å². The van der Waals surface area contributed by atoms with Gasteiger partial charge < -0.3 is 26.6 Å². The summed E-state index contributed by atoms with van der Waals surface area (Å²) in [5, 5.41) is 2.59. The molecule has 0 unspecified atom stereocenters. The molecule has 0 radical (unpaired) electrons. The maximum absolute atomic E-state index is 12.3. The summed E-state index contributed by atoms with van der Waals surface area (Å²) in [5.41, 5.74) is 11.5. The van der Waals surface area contributed by atoms with E-state index in [1.165, 1.54) is 0 Å². The SMILES string of the molecule is CC(C)[C@H](N)C(=O)NCC(=O)N1CCN(c2ncccc2C(N)=O)CC1. The van der Waals surface area contributed by atoms with E-state index in [9.17, 15) is 14.4 Å². The second-order valence-electron chi connectivity index (χ2n) is 6.59. The van der Waals surface area contributed by atoms with Crippen LogP contribution in [0.1, 0.15) is 24.2 Å². The average molecular weight is 362 g/mol. The van der Waals surface area contributed by atoms with Crippen LogP contribution in [0.15, 0.2) is 18.3 Å². The topological polar surface area (TPSA) is 135 Å². The van der Waals surface area contributed by atoms with Gasteiger partial charge in [0, 0.05) is 32.4 Å². The van der Waals surface area contributed by atoms with E-state index < -0.39 is 11.9 Å². The number of pyridine rings is 1. The zero-order valence-electron chi connectivity index (χ0n) is 15.1. The highest BCUT2D eigenvalue weighted by atomic mass is 16.2. The fourth-order valence-electron chi connectivity index (χ4n) is 2.70. The van der Waals surface area contributed by atoms with Crippen molar-refractivity contribution < 1.29 is 14.4 Å². The number of nitrogens with one attached hydrogen (secondary N) is 1. The number of nitrogens with two attached hydrogens (primary N) is 2. The first-order valence-electron chi connectivity index (χ1n) is 8.62. The van der Waals surface area contributed by atoms with Crippen LogP contribution in [0.4, 0.5) is 5.82 Å². The van der Waals surface area contributed by atoms with E-state index in [1.807, 2.05) is 18.7 Å². The van der Waals surface area contributed by atoms with E-state index in [2.05, 4.69) is 10.3 Å². The summed E-state index contributed by atoms with van der Waals surface area (Å²) in [5.74, 6) is -0.484. The molecular weight excluding hydrogens is 336 g/mol. The summed E-state index contributed by atoms with van der Waals surface area (Å²) < 4.78 is 0. The number of amides is 3. The monoisotopic (exact) mass is 362 g/mol. The van der Waals surface area contributed by atoms with Crippen LogP contribution < -0.4 is 21.7 Å². The molecule has 9 nitrogen and oxygen atoms in total. The van der Waals surface area contributed by atoms with Gasteiger partial charge in [0.25, 0.3) is 5.91 Å². The van der Waals surface area contributed by atoms with Crippen LogP contribution in [-0.4, -0.2) is 66.4 Å². The smallest absolute Gasteiger partial charge is 0.252 e. The zero-order chi connectivity index (χ0) is 19.3. The van der Waals surface area contributed by atoms with E-state index in [0.717, 1.165) is 0 Å². The van der Waals surface area contributed by atoms with Gasteiger partial charge in [0.1, 0.15) is 5.82 Å². The van der Waals surface area contributed by atoms with Crippen LogP contribution in [-0.2, 0) is 9.59 Å². The fourth-order valence-corrected chi connectivity index (χ4v) is 2.70. The number of hydrogen-bond acceptors (Lipinski definition) is 6. The first-order valence-corrected chi connectivity index (χ1v) is 8.62. The summed E-state index contributed by atoms with van der Waals surface area (Å²) in [4.78, 5) is 43.5. The number of rotatable bonds is 6. The molecule has 5 N–H and O–H groups in total. The Morgan fingerprint density at radius 2 is 1.88 bits per heavy atom. The molecule has 2 rings (SSSR count). The number of nitrogens with zero attached hydrogens (tertiary/aromatic N) is 3. The molecule has 0 aliphatic carbocycles. The van der Waals surface area contributed by atoms with Gasteiger partial charge in [-0.25, -0.2) is 4.98 Å². The molecule has 26 heavy (non-hydrogen) atoms. The molecule has 1 aliphatic heterocycles. The third-order valence-electron chi connectivity index (χ3n) is 4.42. The lowest BCUT2D eigenvalue weighted by Crippen LogP contribution is -2.53. The van der Waals surface area contributed by atoms with Crippen LogP contribution in [0, 0.1) is 5.92 Å². The molecule has 0 aromatic carbocycles. The number of carbonyl (C=O) groups is 3. The number of aromatic nitrogens is 1. The molecule has 0 bridgehead atoms. The summed E-state index contributed by atoms with van der Waals surface area (Å²) in [6.07, 6.45) is 1.60. The predicted molar refractivity (Wildman–Crippen MR) is 97.4 cm³/mol. The highest BCUT2D eigenvalue weighted by molar-refractivity contribution is 5.97. The Hall–Kier alpha value is -2.68. The second kappa shape index (κ2) is 8.61. The van der Waals surface area contributed by atoms with E-state index in [0.29, 0.717) is 37.6 Å². The summed E-state index contributed by atoms with van der Waals surface area (Å²) in [6.45, 7) is 5.63. The van der Waals surface area contributed by atoms with E-state index in [1.54, 1.807) is 23.2 Å². The van der Waals surface area contributed by atoms with Crippen molar-refractivity contribution in [1.29, 1.82) is 0 Å². The van der Waals surface area contributed by atoms with Crippen molar-refractivity contribution in [3.8, 4) is 0 Å². The Kier molecular flexibility index (Phi) is 6.51. The highest BCUT2D eigenvalue weighted by Crippen LogP contribution is 2.18. The molecule has 1 fully saturated rings. The van der Waals surface area contributed by atoms with Crippen molar-refractivity contribution in [3.63, 3.8) is 0 Å². The minimum absolute atomic E-state index is 0.00599. The molecular formula is C17H26N6O3. The minimum atomic E-state index is -0.629. The van der Waals surface area contributed by atoms with Gasteiger partial charge in [-0.1, -0.05) is 13.8 Å². The Bertz CT molecular complexity index is 670. The van der Waals surface area contributed by atoms with Crippen LogP contribution in [0.3, 0.4) is 0 Å². The molecule has 3 amide bonds. The molecule has 1 atom stereocenters. The van der Waals surface area contributed by atoms with Gasteiger partial charge in [0.15, 0.2) is 0 Å². The largest absolute Gasteiger partial charge is 0.365 e. The molecule has 142 valence electrons. The number of piperazine rings is 1. The zero-order valence-corrected chi connectivity index (χ0v) is 15.1. The third kappa shape index (κ3) is 4.69. The van der Waals surface area contributed by atoms with Crippen molar-refractivity contribution in [2.45, 2.75) is 19.9 Å². The van der Waals surface area contributed by atoms with Crippen molar-refractivity contribution >= 4 is 23.5 Å². The third-order valence-corrected chi connectivity index (χ3v) is 4.42. The predicted octanol–water partition coefficient (Wildman–Crippen LogP) is -1.07. The Balaban J connectivity index is 1.87. The molecule has 2 heterocycles. The van der Waals surface area contributed by atoms with Gasteiger partial charge >= 0.3 is 0 Å². The van der Waals surface area contributed by atoms with E-state index in [-0.39, 0.29) is 24.3 Å². The van der Waals surface area contributed by atoms with Gasteiger partial charge in [0.2, 0.25) is 11.8 Å². The first-order chi connectivity index (χ1) is 12.3. The van der Waals surface area contributed by atoms with Crippen molar-refractivity contribution in [2.75, 3.05) is 37.6 Å². The standard InChI is InChI=1S/C17H26N6O3/c1-11(2)14(18)17(26)21-10-13(24)22-6-8-23(9-7-22)16-12(15(19)25)4-3-5-20-16/h3-5,11,14H,6-10,18H2,1-2H3,(H2,19,25)(H,21,26)/t14-/m0/s1. The summed E-state index contributed by atoms with van der Waals surface area (Å²) >= 11 is 0. The lowest BCUT2D eigenvalue weighted by Gasteiger charge is -2.36. The lowest BCUT2D eigenvalue weighted by molar-refractivity contribution is -0.133. The summed E-state index contributed by atoms with van der Waals surface area (Å²) in [6, 6.07) is 2.67. The van der Waals surface area contributed by atoms with Crippen molar-refractivity contribution in [3.05, 3.63) is 23.9 Å². The van der Waals surface area contributed by atoms with E-state index in [4.69, 9.17) is 11.5 Å². The maximum atomic E-state index is 12.3. The Labute approximate surface area is 152 Å². The average Bonchev–Trinajstić information content (AvgIpc) is 2.65. The molecule has 1 aromatic rings. The van der Waals surface area contributed by atoms with Crippen LogP contribution in [0.25, 0.3) is 0 Å². The molecule has 1 aromatic heterocycles. The molecule has 1 aliphatic rings. The molecule has 0 spiro atoms.